The van der Waals surface area contributed by atoms with Crippen molar-refractivity contribution in [2.45, 2.75) is 13.3 Å². The molecule has 0 unspecified atom stereocenters. The second-order valence-electron chi connectivity index (χ2n) is 6.20. The Hall–Kier alpha value is -3.32. The topological polar surface area (TPSA) is 129 Å². The van der Waals surface area contributed by atoms with Crippen LogP contribution in [0.15, 0.2) is 24.3 Å². The van der Waals surface area contributed by atoms with E-state index in [1.807, 2.05) is 0 Å². The molecular formula is C19H20F3N3O6S. The number of methoxy groups -OCH3 is 1. The van der Waals surface area contributed by atoms with E-state index in [2.05, 4.69) is 15.4 Å². The third-order valence-electron chi connectivity index (χ3n) is 3.90. The second kappa shape index (κ2) is 10.8. The first-order valence-corrected chi connectivity index (χ1v) is 9.83. The molecule has 1 heterocycles. The van der Waals surface area contributed by atoms with Gasteiger partial charge in [0.25, 0.3) is 5.91 Å². The van der Waals surface area contributed by atoms with Crippen LogP contribution >= 0.6 is 11.3 Å². The van der Waals surface area contributed by atoms with Crippen LogP contribution in [0, 0.1) is 6.92 Å². The highest BCUT2D eigenvalue weighted by Crippen LogP contribution is 2.34. The first-order chi connectivity index (χ1) is 15.0. The molecule has 0 radical (unpaired) electrons. The number of nitrogens with two attached hydrogens (primary N) is 1. The molecule has 0 atom stereocenters. The Kier molecular flexibility index (Phi) is 8.43. The molecule has 2 rings (SSSR count). The Balaban J connectivity index is 2.15. The number of ether oxygens (including phenoxy) is 3. The molecule has 0 aliphatic carbocycles. The van der Waals surface area contributed by atoms with Crippen LogP contribution in [0.2, 0.25) is 0 Å². The van der Waals surface area contributed by atoms with Crippen molar-refractivity contribution in [3.63, 3.8) is 0 Å². The van der Waals surface area contributed by atoms with Crippen LogP contribution in [0.3, 0.4) is 0 Å². The molecule has 0 saturated carbocycles. The molecule has 174 valence electrons. The van der Waals surface area contributed by atoms with Gasteiger partial charge in [0.05, 0.1) is 29.3 Å². The third-order valence-corrected chi connectivity index (χ3v) is 5.12. The fourth-order valence-corrected chi connectivity index (χ4v) is 3.61. The van der Waals surface area contributed by atoms with Crippen molar-refractivity contribution in [1.82, 2.24) is 0 Å². The number of amides is 2. The molecular weight excluding hydrogens is 455 g/mol. The number of halogens is 3. The fraction of sp³-hybridized carbons (Fsp3) is 0.316. The largest absolute Gasteiger partial charge is 0.573 e. The minimum absolute atomic E-state index is 0.0188. The van der Waals surface area contributed by atoms with Crippen molar-refractivity contribution in [2.24, 2.45) is 5.73 Å². The summed E-state index contributed by atoms with van der Waals surface area (Å²) in [6.45, 7) is 1.10. The molecule has 0 saturated heterocycles. The molecule has 0 fully saturated rings. The van der Waals surface area contributed by atoms with E-state index in [9.17, 15) is 27.6 Å². The third kappa shape index (κ3) is 6.85. The first-order valence-electron chi connectivity index (χ1n) is 9.01. The number of nitrogens with one attached hydrogen (secondary N) is 2. The number of hydrogen-bond acceptors (Lipinski definition) is 8. The number of anilines is 2. The number of thiophene rings is 1. The van der Waals surface area contributed by atoms with Crippen LogP contribution in [0.5, 0.6) is 5.75 Å². The van der Waals surface area contributed by atoms with Crippen LogP contribution in [-0.4, -0.2) is 51.0 Å². The second-order valence-corrected chi connectivity index (χ2v) is 7.22. The van der Waals surface area contributed by atoms with Crippen LogP contribution in [0.1, 0.15) is 25.6 Å². The summed E-state index contributed by atoms with van der Waals surface area (Å²) in [4.78, 5) is 36.5. The lowest BCUT2D eigenvalue weighted by Crippen LogP contribution is -2.24. The fourth-order valence-electron chi connectivity index (χ4n) is 2.54. The molecule has 2 aromatic rings. The van der Waals surface area contributed by atoms with Crippen LogP contribution in [-0.2, 0) is 14.3 Å². The highest BCUT2D eigenvalue weighted by Gasteiger charge is 2.32. The zero-order valence-electron chi connectivity index (χ0n) is 17.0. The number of benzene rings is 1. The van der Waals surface area contributed by atoms with E-state index in [1.165, 1.54) is 32.2 Å². The summed E-state index contributed by atoms with van der Waals surface area (Å²) in [5.74, 6) is -2.81. The number of rotatable bonds is 10. The Morgan fingerprint density at radius 2 is 1.84 bits per heavy atom. The number of carbonyl (C=O) groups is 3. The minimum Gasteiger partial charge on any atom is -0.460 e. The Bertz CT molecular complexity index is 993. The number of alkyl halides is 3. The van der Waals surface area contributed by atoms with E-state index in [0.717, 1.165) is 17.4 Å². The maximum absolute atomic E-state index is 12.5. The number of para-hydroxylation sites is 2. The lowest BCUT2D eigenvalue weighted by molar-refractivity contribution is -0.274. The van der Waals surface area contributed by atoms with E-state index in [1.54, 1.807) is 0 Å². The quantitative estimate of drug-likeness (QED) is 0.356. The van der Waals surface area contributed by atoms with E-state index in [4.69, 9.17) is 15.2 Å². The van der Waals surface area contributed by atoms with Gasteiger partial charge in [-0.1, -0.05) is 12.1 Å². The summed E-state index contributed by atoms with van der Waals surface area (Å²) in [6, 6.07) is 5.18. The lowest BCUT2D eigenvalue weighted by atomic mass is 10.1. The smallest absolute Gasteiger partial charge is 0.460 e. The number of esters is 1. The minimum atomic E-state index is -4.90. The van der Waals surface area contributed by atoms with Gasteiger partial charge in [0.2, 0.25) is 5.91 Å². The standard InChI is InChI=1S/C19H20F3N3O6S/c1-10-14(18(28)30-8-7-29-2)17(32-15(10)16(23)27)25-13(26)9-24-11-5-3-4-6-12(11)31-19(20,21)22/h3-6,24H,7-9H2,1-2H3,(H2,23,27)(H,25,26). The summed E-state index contributed by atoms with van der Waals surface area (Å²) < 4.78 is 51.4. The molecule has 32 heavy (non-hydrogen) atoms. The SMILES string of the molecule is COCCOC(=O)c1c(NC(=O)CNc2ccccc2OC(F)(F)F)sc(C(N)=O)c1C. The summed E-state index contributed by atoms with van der Waals surface area (Å²) in [7, 11) is 1.42. The van der Waals surface area contributed by atoms with E-state index in [-0.39, 0.29) is 39.9 Å². The van der Waals surface area contributed by atoms with Gasteiger partial charge in [-0.25, -0.2) is 4.79 Å². The summed E-state index contributed by atoms with van der Waals surface area (Å²) in [5, 5.41) is 5.00. The molecule has 0 bridgehead atoms. The highest BCUT2D eigenvalue weighted by molar-refractivity contribution is 7.18. The lowest BCUT2D eigenvalue weighted by Gasteiger charge is -2.14. The maximum Gasteiger partial charge on any atom is 0.573 e. The van der Waals surface area contributed by atoms with E-state index in [0.29, 0.717) is 0 Å². The van der Waals surface area contributed by atoms with Gasteiger partial charge >= 0.3 is 12.3 Å². The van der Waals surface area contributed by atoms with Gasteiger partial charge in [-0.05, 0) is 24.6 Å². The van der Waals surface area contributed by atoms with Gasteiger partial charge in [0.15, 0.2) is 5.75 Å². The van der Waals surface area contributed by atoms with Gasteiger partial charge in [-0.15, -0.1) is 24.5 Å². The monoisotopic (exact) mass is 475 g/mol. The zero-order chi connectivity index (χ0) is 23.9. The molecule has 2 amide bonds. The average molecular weight is 475 g/mol. The Morgan fingerprint density at radius 1 is 1.16 bits per heavy atom. The maximum atomic E-state index is 12.5. The first kappa shape index (κ1) is 24.9. The Morgan fingerprint density at radius 3 is 2.47 bits per heavy atom. The van der Waals surface area contributed by atoms with Crippen molar-refractivity contribution in [1.29, 1.82) is 0 Å². The molecule has 4 N–H and O–H groups in total. The van der Waals surface area contributed by atoms with Crippen molar-refractivity contribution < 1.29 is 41.8 Å². The van der Waals surface area contributed by atoms with Crippen molar-refractivity contribution >= 4 is 39.8 Å². The Labute approximate surface area is 184 Å². The predicted molar refractivity (Wildman–Crippen MR) is 110 cm³/mol. The van der Waals surface area contributed by atoms with Crippen LogP contribution in [0.25, 0.3) is 0 Å². The molecule has 0 spiro atoms. The molecule has 13 heteroatoms. The zero-order valence-corrected chi connectivity index (χ0v) is 17.8. The molecule has 0 aliphatic heterocycles. The van der Waals surface area contributed by atoms with Gasteiger partial charge in [0, 0.05) is 7.11 Å². The van der Waals surface area contributed by atoms with Gasteiger partial charge < -0.3 is 30.6 Å². The van der Waals surface area contributed by atoms with Crippen molar-refractivity contribution in [2.75, 3.05) is 37.5 Å². The van der Waals surface area contributed by atoms with Gasteiger partial charge in [-0.3, -0.25) is 9.59 Å². The van der Waals surface area contributed by atoms with Crippen molar-refractivity contribution in [3.8, 4) is 5.75 Å². The molecule has 1 aromatic heterocycles. The molecule has 9 nitrogen and oxygen atoms in total. The number of hydrogen-bond donors (Lipinski definition) is 3. The van der Waals surface area contributed by atoms with Crippen LogP contribution < -0.4 is 21.1 Å². The summed E-state index contributed by atoms with van der Waals surface area (Å²) in [6.07, 6.45) is -4.90. The molecule has 0 aliphatic rings. The number of carbonyl (C=O) groups excluding carboxylic acids is 3. The van der Waals surface area contributed by atoms with E-state index < -0.39 is 36.4 Å². The summed E-state index contributed by atoms with van der Waals surface area (Å²) in [5.41, 5.74) is 5.44. The number of primary amides is 1. The van der Waals surface area contributed by atoms with Gasteiger partial charge in [-0.2, -0.15) is 0 Å². The molecule has 1 aromatic carbocycles. The summed E-state index contributed by atoms with van der Waals surface area (Å²) >= 11 is 0.783. The van der Waals surface area contributed by atoms with Crippen LogP contribution in [0.4, 0.5) is 23.9 Å². The van der Waals surface area contributed by atoms with Crippen molar-refractivity contribution in [3.05, 3.63) is 40.3 Å². The normalized spacial score (nSPS) is 11.0. The predicted octanol–water partition coefficient (Wildman–Crippen LogP) is 2.91. The average Bonchev–Trinajstić information content (AvgIpc) is 3.02. The van der Waals surface area contributed by atoms with Gasteiger partial charge in [0.1, 0.15) is 11.6 Å². The van der Waals surface area contributed by atoms with E-state index >= 15 is 0 Å². The highest BCUT2D eigenvalue weighted by atomic mass is 32.1.